The summed E-state index contributed by atoms with van der Waals surface area (Å²) >= 11 is 0. The molecule has 0 heterocycles. The standard InChI is InChI=1S/C18H13F2NO4S/c1-18(20)8-13-14(25-12-6-10(9-21)5-11(19)7-12)3-4-15(26(2,23)24)16(13)17(18)22/h3-7H,8H2,1-2H3. The molecule has 0 fully saturated rings. The lowest BCUT2D eigenvalue weighted by Gasteiger charge is -2.12. The van der Waals surface area contributed by atoms with Crippen LogP contribution in [0.5, 0.6) is 11.5 Å². The molecule has 3 rings (SSSR count). The maximum absolute atomic E-state index is 14.6. The van der Waals surface area contributed by atoms with Gasteiger partial charge in [-0.2, -0.15) is 5.26 Å². The van der Waals surface area contributed by atoms with Crippen molar-refractivity contribution in [1.82, 2.24) is 0 Å². The Kier molecular flexibility index (Phi) is 4.08. The Balaban J connectivity index is 2.16. The lowest BCUT2D eigenvalue weighted by atomic mass is 10.1. The van der Waals surface area contributed by atoms with Crippen LogP contribution in [0.15, 0.2) is 35.2 Å². The maximum atomic E-state index is 14.6. The van der Waals surface area contributed by atoms with Crippen LogP contribution < -0.4 is 4.74 Å². The van der Waals surface area contributed by atoms with Crippen LogP contribution in [0.25, 0.3) is 0 Å². The van der Waals surface area contributed by atoms with Crippen LogP contribution in [0.1, 0.15) is 28.4 Å². The van der Waals surface area contributed by atoms with Gasteiger partial charge in [0.2, 0.25) is 5.78 Å². The van der Waals surface area contributed by atoms with Crippen LogP contribution in [0.3, 0.4) is 0 Å². The quantitative estimate of drug-likeness (QED) is 0.819. The molecule has 8 heteroatoms. The second-order valence-electron chi connectivity index (χ2n) is 6.28. The molecule has 1 aliphatic carbocycles. The van der Waals surface area contributed by atoms with Crippen LogP contribution in [0.2, 0.25) is 0 Å². The molecule has 0 radical (unpaired) electrons. The third-order valence-electron chi connectivity index (χ3n) is 4.07. The van der Waals surface area contributed by atoms with Crippen molar-refractivity contribution in [3.8, 4) is 17.6 Å². The Morgan fingerprint density at radius 3 is 2.58 bits per heavy atom. The molecule has 134 valence electrons. The highest BCUT2D eigenvalue weighted by molar-refractivity contribution is 7.90. The Hall–Kier alpha value is -2.79. The number of nitrogens with zero attached hydrogens (tertiary/aromatic N) is 1. The van der Waals surface area contributed by atoms with Gasteiger partial charge in [-0.05, 0) is 31.2 Å². The fourth-order valence-electron chi connectivity index (χ4n) is 2.92. The summed E-state index contributed by atoms with van der Waals surface area (Å²) in [5.74, 6) is -1.61. The summed E-state index contributed by atoms with van der Waals surface area (Å²) < 4.78 is 57.6. The SMILES string of the molecule is CC1(F)Cc2c(Oc3cc(F)cc(C#N)c3)ccc(S(C)(=O)=O)c2C1=O. The fourth-order valence-corrected chi connectivity index (χ4v) is 3.82. The van der Waals surface area contributed by atoms with Gasteiger partial charge in [0, 0.05) is 29.9 Å². The molecule has 5 nitrogen and oxygen atoms in total. The fraction of sp³-hybridized carbons (Fsp3) is 0.222. The first kappa shape index (κ1) is 18.0. The van der Waals surface area contributed by atoms with E-state index in [2.05, 4.69) is 0 Å². The smallest absolute Gasteiger partial charge is 0.201 e. The molecule has 1 aliphatic rings. The molecule has 0 amide bonds. The van der Waals surface area contributed by atoms with Gasteiger partial charge in [0.1, 0.15) is 17.3 Å². The van der Waals surface area contributed by atoms with Crippen molar-refractivity contribution >= 4 is 15.6 Å². The van der Waals surface area contributed by atoms with E-state index < -0.39 is 27.1 Å². The molecule has 0 bridgehead atoms. The summed E-state index contributed by atoms with van der Waals surface area (Å²) in [6, 6.07) is 7.57. The lowest BCUT2D eigenvalue weighted by Crippen LogP contribution is -2.26. The first-order valence-corrected chi connectivity index (χ1v) is 9.40. The van der Waals surface area contributed by atoms with E-state index in [4.69, 9.17) is 10.00 Å². The van der Waals surface area contributed by atoms with E-state index in [0.29, 0.717) is 0 Å². The number of ketones is 1. The molecular weight excluding hydrogens is 364 g/mol. The van der Waals surface area contributed by atoms with E-state index >= 15 is 0 Å². The third kappa shape index (κ3) is 3.06. The molecule has 2 aromatic carbocycles. The summed E-state index contributed by atoms with van der Waals surface area (Å²) in [6.45, 7) is 1.07. The number of Topliss-reactive ketones (excluding diaryl/α,β-unsaturated/α-hetero) is 1. The van der Waals surface area contributed by atoms with E-state index in [0.717, 1.165) is 31.4 Å². The van der Waals surface area contributed by atoms with Gasteiger partial charge in [0.25, 0.3) is 0 Å². The highest BCUT2D eigenvalue weighted by Crippen LogP contribution is 2.42. The molecule has 2 aromatic rings. The summed E-state index contributed by atoms with van der Waals surface area (Å²) in [5.41, 5.74) is -2.38. The minimum Gasteiger partial charge on any atom is -0.457 e. The molecule has 26 heavy (non-hydrogen) atoms. The van der Waals surface area contributed by atoms with Crippen LogP contribution in [0, 0.1) is 17.1 Å². The summed E-state index contributed by atoms with van der Waals surface area (Å²) in [7, 11) is -3.76. The number of sulfone groups is 1. The van der Waals surface area contributed by atoms with E-state index in [1.54, 1.807) is 6.07 Å². The zero-order valence-corrected chi connectivity index (χ0v) is 14.7. The number of carbonyl (C=O) groups is 1. The molecule has 0 N–H and O–H groups in total. The second-order valence-corrected chi connectivity index (χ2v) is 8.26. The first-order chi connectivity index (χ1) is 12.0. The zero-order valence-electron chi connectivity index (χ0n) is 13.8. The van der Waals surface area contributed by atoms with Gasteiger partial charge in [-0.3, -0.25) is 4.79 Å². The second kappa shape index (κ2) is 5.88. The number of carbonyl (C=O) groups excluding carboxylic acids is 1. The van der Waals surface area contributed by atoms with Crippen LogP contribution in [0.4, 0.5) is 8.78 Å². The normalized spacial score (nSPS) is 19.1. The van der Waals surface area contributed by atoms with Crippen LogP contribution >= 0.6 is 0 Å². The van der Waals surface area contributed by atoms with Crippen molar-refractivity contribution < 1.29 is 26.7 Å². The number of hydrogen-bond donors (Lipinski definition) is 0. The van der Waals surface area contributed by atoms with Crippen molar-refractivity contribution in [1.29, 1.82) is 5.26 Å². The average Bonchev–Trinajstić information content (AvgIpc) is 2.77. The van der Waals surface area contributed by atoms with Gasteiger partial charge in [-0.25, -0.2) is 17.2 Å². The van der Waals surface area contributed by atoms with Gasteiger partial charge in [-0.1, -0.05) is 0 Å². The lowest BCUT2D eigenvalue weighted by molar-refractivity contribution is 0.0757. The Morgan fingerprint density at radius 1 is 1.27 bits per heavy atom. The summed E-state index contributed by atoms with van der Waals surface area (Å²) in [5, 5.41) is 8.90. The minimum atomic E-state index is -3.76. The van der Waals surface area contributed by atoms with Gasteiger partial charge in [0.15, 0.2) is 15.5 Å². The van der Waals surface area contributed by atoms with Gasteiger partial charge < -0.3 is 4.74 Å². The van der Waals surface area contributed by atoms with Crippen molar-refractivity contribution in [2.75, 3.05) is 6.26 Å². The minimum absolute atomic E-state index is 0.0178. The number of halogens is 2. The van der Waals surface area contributed by atoms with E-state index in [1.165, 1.54) is 12.1 Å². The molecular formula is C18H13F2NO4S. The maximum Gasteiger partial charge on any atom is 0.201 e. The Morgan fingerprint density at radius 2 is 1.96 bits per heavy atom. The Bertz CT molecular complexity index is 1090. The third-order valence-corrected chi connectivity index (χ3v) is 5.21. The van der Waals surface area contributed by atoms with E-state index in [1.807, 2.05) is 0 Å². The predicted octanol–water partition coefficient (Wildman–Crippen LogP) is 3.36. The number of hydrogen-bond acceptors (Lipinski definition) is 5. The van der Waals surface area contributed by atoms with Crippen LogP contribution in [-0.2, 0) is 16.3 Å². The van der Waals surface area contributed by atoms with E-state index in [9.17, 15) is 22.0 Å². The van der Waals surface area contributed by atoms with Crippen LogP contribution in [-0.4, -0.2) is 26.1 Å². The van der Waals surface area contributed by atoms with Crippen molar-refractivity contribution in [3.05, 3.63) is 52.8 Å². The molecule has 0 aliphatic heterocycles. The number of nitriles is 1. The Labute approximate surface area is 148 Å². The molecule has 0 spiro atoms. The highest BCUT2D eigenvalue weighted by atomic mass is 32.2. The number of alkyl halides is 1. The topological polar surface area (TPSA) is 84.2 Å². The number of ether oxygens (including phenoxy) is 1. The van der Waals surface area contributed by atoms with Crippen molar-refractivity contribution in [2.24, 2.45) is 0 Å². The molecule has 0 saturated carbocycles. The van der Waals surface area contributed by atoms with Gasteiger partial charge in [0.05, 0.1) is 16.5 Å². The largest absolute Gasteiger partial charge is 0.457 e. The number of fused-ring (bicyclic) bond motifs is 1. The van der Waals surface area contributed by atoms with Gasteiger partial charge >= 0.3 is 0 Å². The first-order valence-electron chi connectivity index (χ1n) is 7.51. The highest BCUT2D eigenvalue weighted by Gasteiger charge is 2.46. The monoisotopic (exact) mass is 377 g/mol. The van der Waals surface area contributed by atoms with Gasteiger partial charge in [-0.15, -0.1) is 0 Å². The zero-order chi connectivity index (χ0) is 19.3. The average molecular weight is 377 g/mol. The number of benzene rings is 2. The predicted molar refractivity (Wildman–Crippen MR) is 88.3 cm³/mol. The molecule has 0 saturated heterocycles. The van der Waals surface area contributed by atoms with Crippen molar-refractivity contribution in [3.63, 3.8) is 0 Å². The summed E-state index contributed by atoms with van der Waals surface area (Å²) in [4.78, 5) is 12.1. The molecule has 0 aromatic heterocycles. The molecule has 1 atom stereocenters. The van der Waals surface area contributed by atoms with E-state index in [-0.39, 0.29) is 39.5 Å². The van der Waals surface area contributed by atoms with Crippen molar-refractivity contribution in [2.45, 2.75) is 23.9 Å². The number of rotatable bonds is 3. The summed E-state index contributed by atoms with van der Waals surface area (Å²) in [6.07, 6.45) is 0.566. The molecule has 1 unspecified atom stereocenters.